The molecule has 110 valence electrons. The van der Waals surface area contributed by atoms with E-state index in [0.29, 0.717) is 0 Å². The van der Waals surface area contributed by atoms with Crippen molar-refractivity contribution in [2.75, 3.05) is 6.79 Å². The summed E-state index contributed by atoms with van der Waals surface area (Å²) in [6, 6.07) is 16.2. The van der Waals surface area contributed by atoms with Crippen molar-refractivity contribution in [3.63, 3.8) is 0 Å². The van der Waals surface area contributed by atoms with Crippen molar-refractivity contribution < 1.29 is 9.47 Å². The number of imidazole rings is 1. The molecule has 0 aliphatic carbocycles. The van der Waals surface area contributed by atoms with Gasteiger partial charge in [0.2, 0.25) is 6.79 Å². The van der Waals surface area contributed by atoms with E-state index in [1.54, 1.807) is 11.8 Å². The third kappa shape index (κ3) is 2.67. The van der Waals surface area contributed by atoms with Gasteiger partial charge in [-0.05, 0) is 23.8 Å². The zero-order valence-electron chi connectivity index (χ0n) is 11.8. The molecule has 5 heteroatoms. The van der Waals surface area contributed by atoms with Crippen LogP contribution in [0.2, 0.25) is 0 Å². The van der Waals surface area contributed by atoms with E-state index < -0.39 is 0 Å². The van der Waals surface area contributed by atoms with Crippen molar-refractivity contribution in [1.82, 2.24) is 9.97 Å². The monoisotopic (exact) mass is 310 g/mol. The maximum absolute atomic E-state index is 5.40. The van der Waals surface area contributed by atoms with Crippen LogP contribution in [0.1, 0.15) is 5.56 Å². The summed E-state index contributed by atoms with van der Waals surface area (Å²) >= 11 is 1.74. The minimum Gasteiger partial charge on any atom is -0.454 e. The zero-order chi connectivity index (χ0) is 14.8. The number of hydrogen-bond donors (Lipinski definition) is 1. The van der Waals surface area contributed by atoms with E-state index in [-0.39, 0.29) is 6.79 Å². The molecule has 0 saturated heterocycles. The molecule has 0 atom stereocenters. The Morgan fingerprint density at radius 1 is 1.05 bits per heavy atom. The summed E-state index contributed by atoms with van der Waals surface area (Å²) in [6.45, 7) is 0.287. The summed E-state index contributed by atoms with van der Waals surface area (Å²) in [6.07, 6.45) is 1.87. The Balaban J connectivity index is 1.49. The Hall–Kier alpha value is -2.40. The molecule has 2 heterocycles. The molecular formula is C17H14N2O2S. The van der Waals surface area contributed by atoms with Gasteiger partial charge in [-0.15, -0.1) is 11.8 Å². The van der Waals surface area contributed by atoms with Crippen LogP contribution in [0, 0.1) is 0 Å². The summed E-state index contributed by atoms with van der Waals surface area (Å²) in [5.74, 6) is 3.32. The third-order valence-electron chi connectivity index (χ3n) is 3.44. The van der Waals surface area contributed by atoms with Crippen molar-refractivity contribution in [1.29, 1.82) is 0 Å². The van der Waals surface area contributed by atoms with Gasteiger partial charge in [-0.3, -0.25) is 0 Å². The molecule has 4 rings (SSSR count). The number of nitrogens with one attached hydrogen (secondary N) is 1. The molecule has 4 nitrogen and oxygen atoms in total. The zero-order valence-corrected chi connectivity index (χ0v) is 12.6. The lowest BCUT2D eigenvalue weighted by Crippen LogP contribution is -1.92. The number of H-pyrrole nitrogens is 1. The molecule has 0 bridgehead atoms. The van der Waals surface area contributed by atoms with Crippen LogP contribution >= 0.6 is 11.8 Å². The van der Waals surface area contributed by atoms with Gasteiger partial charge in [0.25, 0.3) is 0 Å². The number of hydrogen-bond acceptors (Lipinski definition) is 4. The standard InChI is InChI=1S/C17H14N2O2S/c1-2-4-12(5-3-1)10-22-16-9-18-17(19-16)13-6-7-14-15(8-13)21-11-20-14/h1-9H,10-11H2,(H,18,19). The highest BCUT2D eigenvalue weighted by atomic mass is 32.2. The highest BCUT2D eigenvalue weighted by molar-refractivity contribution is 7.98. The van der Waals surface area contributed by atoms with Crippen LogP contribution in [0.15, 0.2) is 59.8 Å². The molecule has 22 heavy (non-hydrogen) atoms. The SMILES string of the molecule is c1ccc(CSc2cnc(-c3ccc4c(c3)OCO4)[nH]2)cc1. The van der Waals surface area contributed by atoms with Gasteiger partial charge in [0, 0.05) is 11.3 Å². The van der Waals surface area contributed by atoms with Crippen LogP contribution in [0.3, 0.4) is 0 Å². The quantitative estimate of drug-likeness (QED) is 0.737. The van der Waals surface area contributed by atoms with Crippen LogP contribution in [-0.4, -0.2) is 16.8 Å². The van der Waals surface area contributed by atoms with E-state index in [1.807, 2.05) is 30.5 Å². The normalized spacial score (nSPS) is 12.5. The Morgan fingerprint density at radius 2 is 1.91 bits per heavy atom. The molecule has 1 N–H and O–H groups in total. The maximum atomic E-state index is 5.40. The van der Waals surface area contributed by atoms with Crippen LogP contribution in [0.25, 0.3) is 11.4 Å². The van der Waals surface area contributed by atoms with Crippen LogP contribution in [0.5, 0.6) is 11.5 Å². The van der Waals surface area contributed by atoms with E-state index >= 15 is 0 Å². The second-order valence-corrected chi connectivity index (χ2v) is 5.96. The fraction of sp³-hybridized carbons (Fsp3) is 0.118. The molecule has 0 unspecified atom stereocenters. The third-order valence-corrected chi connectivity index (χ3v) is 4.43. The topological polar surface area (TPSA) is 47.1 Å². The first kappa shape index (κ1) is 13.3. The first-order valence-electron chi connectivity index (χ1n) is 7.00. The molecule has 0 radical (unpaired) electrons. The van der Waals surface area contributed by atoms with Crippen molar-refractivity contribution in [2.45, 2.75) is 10.8 Å². The number of benzene rings is 2. The summed E-state index contributed by atoms with van der Waals surface area (Å²) in [5.41, 5.74) is 2.29. The Kier molecular flexibility index (Phi) is 3.48. The highest BCUT2D eigenvalue weighted by Crippen LogP contribution is 2.35. The molecule has 0 saturated carbocycles. The van der Waals surface area contributed by atoms with Crippen LogP contribution < -0.4 is 9.47 Å². The Morgan fingerprint density at radius 3 is 2.82 bits per heavy atom. The van der Waals surface area contributed by atoms with Gasteiger partial charge in [0.15, 0.2) is 11.5 Å². The van der Waals surface area contributed by atoms with Gasteiger partial charge in [-0.25, -0.2) is 4.98 Å². The second-order valence-electron chi connectivity index (χ2n) is 4.94. The van der Waals surface area contributed by atoms with Crippen molar-refractivity contribution >= 4 is 11.8 Å². The number of ether oxygens (including phenoxy) is 2. The van der Waals surface area contributed by atoms with E-state index in [9.17, 15) is 0 Å². The molecule has 1 aliphatic rings. The smallest absolute Gasteiger partial charge is 0.231 e. The molecule has 1 aromatic heterocycles. The number of thioether (sulfide) groups is 1. The molecular weight excluding hydrogens is 296 g/mol. The average molecular weight is 310 g/mol. The van der Waals surface area contributed by atoms with Gasteiger partial charge in [-0.2, -0.15) is 0 Å². The van der Waals surface area contributed by atoms with E-state index in [1.165, 1.54) is 5.56 Å². The number of aromatic nitrogens is 2. The largest absolute Gasteiger partial charge is 0.454 e. The first-order chi connectivity index (χ1) is 10.9. The van der Waals surface area contributed by atoms with Gasteiger partial charge >= 0.3 is 0 Å². The van der Waals surface area contributed by atoms with Gasteiger partial charge < -0.3 is 14.5 Å². The van der Waals surface area contributed by atoms with Crippen molar-refractivity contribution in [3.8, 4) is 22.9 Å². The maximum Gasteiger partial charge on any atom is 0.231 e. The molecule has 3 aromatic rings. The van der Waals surface area contributed by atoms with Gasteiger partial charge in [0.05, 0.1) is 11.2 Å². The predicted molar refractivity (Wildman–Crippen MR) is 86.1 cm³/mol. The second kappa shape index (κ2) is 5.77. The molecule has 0 fully saturated rings. The van der Waals surface area contributed by atoms with Crippen molar-refractivity contribution in [2.24, 2.45) is 0 Å². The van der Waals surface area contributed by atoms with E-state index in [4.69, 9.17) is 9.47 Å². The summed E-state index contributed by atoms with van der Waals surface area (Å²) in [7, 11) is 0. The van der Waals surface area contributed by atoms with E-state index in [2.05, 4.69) is 34.2 Å². The number of nitrogens with zero attached hydrogens (tertiary/aromatic N) is 1. The Labute approximate surface area is 132 Å². The summed E-state index contributed by atoms with van der Waals surface area (Å²) in [4.78, 5) is 7.80. The number of rotatable bonds is 4. The lowest BCUT2D eigenvalue weighted by Gasteiger charge is -2.00. The Bertz CT molecular complexity index is 786. The van der Waals surface area contributed by atoms with E-state index in [0.717, 1.165) is 33.7 Å². The lowest BCUT2D eigenvalue weighted by molar-refractivity contribution is 0.174. The highest BCUT2D eigenvalue weighted by Gasteiger charge is 2.15. The fourth-order valence-corrected chi connectivity index (χ4v) is 3.11. The number of aromatic amines is 1. The minimum atomic E-state index is 0.287. The first-order valence-corrected chi connectivity index (χ1v) is 7.99. The average Bonchev–Trinajstić information content (AvgIpc) is 3.22. The number of fused-ring (bicyclic) bond motifs is 1. The van der Waals surface area contributed by atoms with Crippen LogP contribution in [-0.2, 0) is 5.75 Å². The summed E-state index contributed by atoms with van der Waals surface area (Å²) in [5, 5.41) is 1.05. The summed E-state index contributed by atoms with van der Waals surface area (Å²) < 4.78 is 10.7. The minimum absolute atomic E-state index is 0.287. The van der Waals surface area contributed by atoms with Gasteiger partial charge in [0.1, 0.15) is 5.82 Å². The molecule has 0 spiro atoms. The molecule has 2 aromatic carbocycles. The molecule has 1 aliphatic heterocycles. The van der Waals surface area contributed by atoms with Crippen LogP contribution in [0.4, 0.5) is 0 Å². The van der Waals surface area contributed by atoms with Gasteiger partial charge in [-0.1, -0.05) is 30.3 Å². The fourth-order valence-electron chi connectivity index (χ4n) is 2.30. The van der Waals surface area contributed by atoms with Crippen molar-refractivity contribution in [3.05, 3.63) is 60.3 Å². The predicted octanol–water partition coefficient (Wildman–Crippen LogP) is 4.10. The lowest BCUT2D eigenvalue weighted by atomic mass is 10.2. The molecule has 0 amide bonds.